The number of para-hydroxylation sites is 1. The maximum Gasteiger partial charge on any atom is 0.296 e. The summed E-state index contributed by atoms with van der Waals surface area (Å²) in [5.74, 6) is 0.560. The third kappa shape index (κ3) is 4.72. The van der Waals surface area contributed by atoms with Crippen LogP contribution in [0.5, 0.6) is 5.75 Å². The highest BCUT2D eigenvalue weighted by molar-refractivity contribution is 6.27. The first-order chi connectivity index (χ1) is 17.5. The van der Waals surface area contributed by atoms with E-state index in [1.54, 1.807) is 18.2 Å². The molecule has 0 radical (unpaired) electrons. The number of benzene rings is 1. The zero-order chi connectivity index (χ0) is 25.2. The molecule has 2 saturated heterocycles. The number of fused-ring (bicyclic) bond motifs is 1. The van der Waals surface area contributed by atoms with E-state index in [0.29, 0.717) is 74.6 Å². The molecule has 1 aromatic carbocycles. The molecular formula is C22H25ClF2N8O3. The van der Waals surface area contributed by atoms with Crippen LogP contribution in [0.2, 0.25) is 0 Å². The molecular weight excluding hydrogens is 498 g/mol. The van der Waals surface area contributed by atoms with Gasteiger partial charge in [-0.2, -0.15) is 15.0 Å². The Morgan fingerprint density at radius 1 is 1.14 bits per heavy atom. The van der Waals surface area contributed by atoms with E-state index in [9.17, 15) is 13.6 Å². The molecule has 14 heteroatoms. The summed E-state index contributed by atoms with van der Waals surface area (Å²) >= 11 is 5.54. The first-order valence-electron chi connectivity index (χ1n) is 11.5. The number of aromatic nitrogens is 5. The van der Waals surface area contributed by atoms with Crippen molar-refractivity contribution in [1.29, 1.82) is 0 Å². The number of hydrogen-bond donors (Lipinski definition) is 1. The fourth-order valence-corrected chi connectivity index (χ4v) is 4.36. The number of alkyl halides is 3. The fraction of sp³-hybridized carbons (Fsp3) is 0.500. The molecule has 2 aliphatic heterocycles. The van der Waals surface area contributed by atoms with E-state index in [4.69, 9.17) is 21.1 Å². The van der Waals surface area contributed by atoms with Crippen molar-refractivity contribution in [3.8, 4) is 11.7 Å². The minimum atomic E-state index is -2.87. The van der Waals surface area contributed by atoms with Gasteiger partial charge in [-0.05, 0) is 12.1 Å². The van der Waals surface area contributed by atoms with Gasteiger partial charge in [0.25, 0.3) is 6.43 Å². The number of halogens is 3. The summed E-state index contributed by atoms with van der Waals surface area (Å²) in [4.78, 5) is 33.3. The molecule has 3 aromatic rings. The lowest BCUT2D eigenvalue weighted by Crippen LogP contribution is -2.52. The van der Waals surface area contributed by atoms with E-state index in [1.165, 1.54) is 11.7 Å². The Kier molecular flexibility index (Phi) is 7.01. The first kappa shape index (κ1) is 24.4. The SMILES string of the molecule is COc1cccc2c1nc(C(F)F)n2-c1nc(N2CCOCC2)nc(N2CC(CNC(=O)CCl)C2)n1. The van der Waals surface area contributed by atoms with Crippen LogP contribution in [-0.4, -0.2) is 89.3 Å². The number of carbonyl (C=O) groups is 1. The number of nitrogens with one attached hydrogen (secondary N) is 1. The number of morpholine rings is 1. The third-order valence-electron chi connectivity index (χ3n) is 6.13. The van der Waals surface area contributed by atoms with Gasteiger partial charge in [-0.25, -0.2) is 13.8 Å². The van der Waals surface area contributed by atoms with Crippen LogP contribution in [0.1, 0.15) is 12.2 Å². The second kappa shape index (κ2) is 10.3. The topological polar surface area (TPSA) is 111 Å². The fourth-order valence-electron chi connectivity index (χ4n) is 4.27. The van der Waals surface area contributed by atoms with Crippen molar-refractivity contribution in [2.75, 3.05) is 68.7 Å². The number of imidazole rings is 1. The summed E-state index contributed by atoms with van der Waals surface area (Å²) in [6, 6.07) is 5.04. The van der Waals surface area contributed by atoms with Gasteiger partial charge in [-0.1, -0.05) is 6.07 Å². The van der Waals surface area contributed by atoms with Crippen LogP contribution in [0.15, 0.2) is 18.2 Å². The van der Waals surface area contributed by atoms with Crippen LogP contribution in [0.25, 0.3) is 17.0 Å². The Hall–Kier alpha value is -3.32. The number of carbonyl (C=O) groups excluding carboxylic acids is 1. The third-order valence-corrected chi connectivity index (χ3v) is 6.38. The van der Waals surface area contributed by atoms with Gasteiger partial charge < -0.3 is 24.6 Å². The highest BCUT2D eigenvalue weighted by Crippen LogP contribution is 2.33. The van der Waals surface area contributed by atoms with Crippen molar-refractivity contribution < 1.29 is 23.0 Å². The highest BCUT2D eigenvalue weighted by Gasteiger charge is 2.32. The predicted octanol–water partition coefficient (Wildman–Crippen LogP) is 1.78. The Labute approximate surface area is 210 Å². The summed E-state index contributed by atoms with van der Waals surface area (Å²) in [5.41, 5.74) is 0.698. The number of amides is 1. The number of nitrogens with zero attached hydrogens (tertiary/aromatic N) is 7. The molecule has 0 unspecified atom stereocenters. The molecule has 0 atom stereocenters. The van der Waals surface area contributed by atoms with Gasteiger partial charge >= 0.3 is 0 Å². The van der Waals surface area contributed by atoms with Crippen LogP contribution >= 0.6 is 11.6 Å². The molecule has 2 aliphatic rings. The quantitative estimate of drug-likeness (QED) is 0.443. The number of anilines is 2. The number of ether oxygens (including phenoxy) is 2. The van der Waals surface area contributed by atoms with Crippen molar-refractivity contribution in [2.45, 2.75) is 6.43 Å². The Bertz CT molecular complexity index is 1250. The lowest BCUT2D eigenvalue weighted by Gasteiger charge is -2.39. The first-order valence-corrected chi connectivity index (χ1v) is 12.0. The average Bonchev–Trinajstić information content (AvgIpc) is 3.28. The van der Waals surface area contributed by atoms with Gasteiger partial charge in [0.15, 0.2) is 5.82 Å². The van der Waals surface area contributed by atoms with Crippen LogP contribution in [-0.2, 0) is 9.53 Å². The summed E-state index contributed by atoms with van der Waals surface area (Å²) < 4.78 is 40.3. The summed E-state index contributed by atoms with van der Waals surface area (Å²) in [6.07, 6.45) is -2.87. The van der Waals surface area contributed by atoms with E-state index in [1.807, 2.05) is 9.80 Å². The van der Waals surface area contributed by atoms with E-state index in [0.717, 1.165) is 0 Å². The molecule has 5 rings (SSSR count). The Morgan fingerprint density at radius 2 is 1.83 bits per heavy atom. The van der Waals surface area contributed by atoms with Gasteiger partial charge in [0.2, 0.25) is 23.8 Å². The Morgan fingerprint density at radius 3 is 2.50 bits per heavy atom. The van der Waals surface area contributed by atoms with Crippen LogP contribution in [0, 0.1) is 5.92 Å². The smallest absolute Gasteiger partial charge is 0.296 e. The van der Waals surface area contributed by atoms with Crippen LogP contribution in [0.3, 0.4) is 0 Å². The molecule has 2 aromatic heterocycles. The lowest BCUT2D eigenvalue weighted by atomic mass is 10.0. The molecule has 0 aliphatic carbocycles. The molecule has 0 spiro atoms. The molecule has 1 amide bonds. The second-order valence-corrected chi connectivity index (χ2v) is 8.74. The van der Waals surface area contributed by atoms with E-state index >= 15 is 0 Å². The standard InChI is InChI=1S/C22H25ClF2N8O3/c1-35-15-4-2-3-14-17(15)27-19(18(24)25)33(14)22-29-20(31-5-7-36-8-6-31)28-21(30-22)32-11-13(12-32)10-26-16(34)9-23/h2-4,13,18H,5-12H2,1H3,(H,26,34). The van der Waals surface area contributed by atoms with E-state index in [2.05, 4.69) is 25.3 Å². The molecule has 4 heterocycles. The van der Waals surface area contributed by atoms with Gasteiger partial charge in [-0.15, -0.1) is 11.6 Å². The van der Waals surface area contributed by atoms with Crippen LogP contribution < -0.4 is 19.9 Å². The van der Waals surface area contributed by atoms with Gasteiger partial charge in [0, 0.05) is 38.6 Å². The van der Waals surface area contributed by atoms with Crippen molar-refractivity contribution >= 4 is 40.4 Å². The summed E-state index contributed by atoms with van der Waals surface area (Å²) in [5, 5.41) is 2.77. The van der Waals surface area contributed by atoms with Crippen molar-refractivity contribution in [2.24, 2.45) is 5.92 Å². The molecule has 1 N–H and O–H groups in total. The van der Waals surface area contributed by atoms with Gasteiger partial charge in [0.05, 0.1) is 25.8 Å². The van der Waals surface area contributed by atoms with E-state index < -0.39 is 12.2 Å². The minimum Gasteiger partial charge on any atom is -0.494 e. The number of rotatable bonds is 8. The minimum absolute atomic E-state index is 0.0476. The van der Waals surface area contributed by atoms with Crippen molar-refractivity contribution in [3.05, 3.63) is 24.0 Å². The predicted molar refractivity (Wildman–Crippen MR) is 128 cm³/mol. The number of methoxy groups -OCH3 is 1. The zero-order valence-electron chi connectivity index (χ0n) is 19.5. The summed E-state index contributed by atoms with van der Waals surface area (Å²) in [6.45, 7) is 3.82. The Balaban J connectivity index is 1.54. The van der Waals surface area contributed by atoms with Crippen molar-refractivity contribution in [1.82, 2.24) is 29.8 Å². The van der Waals surface area contributed by atoms with Gasteiger partial charge in [-0.3, -0.25) is 9.36 Å². The van der Waals surface area contributed by atoms with E-state index in [-0.39, 0.29) is 23.7 Å². The maximum absolute atomic E-state index is 14.1. The van der Waals surface area contributed by atoms with Crippen molar-refractivity contribution in [3.63, 3.8) is 0 Å². The molecule has 0 bridgehead atoms. The van der Waals surface area contributed by atoms with Crippen LogP contribution in [0.4, 0.5) is 20.7 Å². The van der Waals surface area contributed by atoms with Gasteiger partial charge in [0.1, 0.15) is 17.1 Å². The molecule has 192 valence electrons. The summed E-state index contributed by atoms with van der Waals surface area (Å²) in [7, 11) is 1.46. The second-order valence-electron chi connectivity index (χ2n) is 8.48. The normalized spacial score (nSPS) is 16.5. The largest absolute Gasteiger partial charge is 0.494 e. The molecule has 11 nitrogen and oxygen atoms in total. The lowest BCUT2D eigenvalue weighted by molar-refractivity contribution is -0.118. The maximum atomic E-state index is 14.1. The molecule has 2 fully saturated rings. The highest BCUT2D eigenvalue weighted by atomic mass is 35.5. The monoisotopic (exact) mass is 522 g/mol. The average molecular weight is 523 g/mol. The number of hydrogen-bond acceptors (Lipinski definition) is 9. The molecule has 0 saturated carbocycles. The zero-order valence-corrected chi connectivity index (χ0v) is 20.3. The molecule has 36 heavy (non-hydrogen) atoms.